The Kier molecular flexibility index (Phi) is 3.94. The maximum Gasteiger partial charge on any atom is 0.240 e. The third-order valence-electron chi connectivity index (χ3n) is 1.74. The molecule has 0 aliphatic rings. The second-order valence-electron chi connectivity index (χ2n) is 3.01. The first-order chi connectivity index (χ1) is 6.72. The van der Waals surface area contributed by atoms with Crippen molar-refractivity contribution in [2.45, 2.75) is 13.3 Å². The number of aryl methyl sites for hydroxylation is 1. The van der Waals surface area contributed by atoms with E-state index in [1.54, 1.807) is 0 Å². The van der Waals surface area contributed by atoms with E-state index >= 15 is 0 Å². The molecule has 0 saturated heterocycles. The second kappa shape index (κ2) is 5.24. The normalized spacial score (nSPS) is 9.57. The molecule has 1 aromatic carbocycles. The van der Waals surface area contributed by atoms with E-state index in [1.165, 1.54) is 0 Å². The van der Waals surface area contributed by atoms with E-state index in [9.17, 15) is 4.79 Å². The predicted octanol–water partition coefficient (Wildman–Crippen LogP) is 0.821. The minimum atomic E-state index is -0.229. The Morgan fingerprint density at radius 2 is 2.00 bits per heavy atom. The number of nitrogens with one attached hydrogen (secondary N) is 2. The Labute approximate surface area is 82.9 Å². The van der Waals surface area contributed by atoms with Crippen molar-refractivity contribution in [1.29, 1.82) is 0 Å². The van der Waals surface area contributed by atoms with E-state index in [0.717, 1.165) is 11.3 Å². The molecule has 1 rings (SSSR count). The summed E-state index contributed by atoms with van der Waals surface area (Å²) in [5.74, 6) is -0.229. The van der Waals surface area contributed by atoms with Gasteiger partial charge in [-0.2, -0.15) is 0 Å². The molecule has 76 valence electrons. The van der Waals surface area contributed by atoms with E-state index in [2.05, 4.69) is 10.9 Å². The van der Waals surface area contributed by atoms with Crippen molar-refractivity contribution < 1.29 is 9.90 Å². The van der Waals surface area contributed by atoms with Crippen molar-refractivity contribution in [2.24, 2.45) is 0 Å². The summed E-state index contributed by atoms with van der Waals surface area (Å²) >= 11 is 0. The minimum absolute atomic E-state index is 0.110. The summed E-state index contributed by atoms with van der Waals surface area (Å²) in [5.41, 5.74) is 7.20. The zero-order valence-electron chi connectivity index (χ0n) is 8.08. The first kappa shape index (κ1) is 10.5. The van der Waals surface area contributed by atoms with Crippen LogP contribution in [-0.4, -0.2) is 17.6 Å². The van der Waals surface area contributed by atoms with Crippen LogP contribution < -0.4 is 10.9 Å². The van der Waals surface area contributed by atoms with Gasteiger partial charge in [-0.05, 0) is 19.1 Å². The van der Waals surface area contributed by atoms with Gasteiger partial charge in [-0.15, -0.1) is 0 Å². The van der Waals surface area contributed by atoms with Crippen LogP contribution in [-0.2, 0) is 4.79 Å². The number of carbonyl (C=O) groups excluding carboxylic acids is 1. The number of aliphatic hydroxyl groups is 1. The first-order valence-electron chi connectivity index (χ1n) is 4.45. The molecule has 0 radical (unpaired) electrons. The van der Waals surface area contributed by atoms with Gasteiger partial charge in [0.2, 0.25) is 5.91 Å². The lowest BCUT2D eigenvalue weighted by molar-refractivity contribution is -0.121. The third-order valence-corrected chi connectivity index (χ3v) is 1.74. The van der Waals surface area contributed by atoms with Crippen LogP contribution >= 0.6 is 0 Å². The summed E-state index contributed by atoms with van der Waals surface area (Å²) in [6.45, 7) is 1.86. The third kappa shape index (κ3) is 3.45. The summed E-state index contributed by atoms with van der Waals surface area (Å²) in [6.07, 6.45) is 0.110. The molecule has 0 heterocycles. The highest BCUT2D eigenvalue weighted by atomic mass is 16.3. The maximum absolute atomic E-state index is 10.9. The van der Waals surface area contributed by atoms with Crippen LogP contribution in [0.25, 0.3) is 0 Å². The van der Waals surface area contributed by atoms with Gasteiger partial charge in [0.25, 0.3) is 0 Å². The number of hydrazine groups is 1. The van der Waals surface area contributed by atoms with E-state index in [4.69, 9.17) is 5.11 Å². The fraction of sp³-hybridized carbons (Fsp3) is 0.300. The molecule has 0 aliphatic heterocycles. The molecule has 1 aromatic rings. The van der Waals surface area contributed by atoms with Crippen molar-refractivity contribution >= 4 is 11.6 Å². The summed E-state index contributed by atoms with van der Waals surface area (Å²) in [6, 6.07) is 7.63. The van der Waals surface area contributed by atoms with Gasteiger partial charge in [0.05, 0.1) is 18.7 Å². The Morgan fingerprint density at radius 3 is 2.57 bits per heavy atom. The molecule has 4 heteroatoms. The summed E-state index contributed by atoms with van der Waals surface area (Å²) in [5, 5.41) is 8.48. The number of amides is 1. The topological polar surface area (TPSA) is 61.4 Å². The second-order valence-corrected chi connectivity index (χ2v) is 3.01. The number of anilines is 1. The standard InChI is InChI=1S/C10H14N2O2/c1-8-2-4-9(5-3-8)11-12-10(14)6-7-13/h2-5,11,13H,6-7H2,1H3,(H,12,14). The summed E-state index contributed by atoms with van der Waals surface area (Å²) < 4.78 is 0. The number of rotatable bonds is 4. The van der Waals surface area contributed by atoms with E-state index in [0.29, 0.717) is 0 Å². The van der Waals surface area contributed by atoms with Gasteiger partial charge in [-0.1, -0.05) is 17.7 Å². The van der Waals surface area contributed by atoms with Gasteiger partial charge >= 0.3 is 0 Å². The molecule has 0 aromatic heterocycles. The average molecular weight is 194 g/mol. The Morgan fingerprint density at radius 1 is 1.36 bits per heavy atom. The molecule has 0 unspecified atom stereocenters. The van der Waals surface area contributed by atoms with Crippen LogP contribution in [0.1, 0.15) is 12.0 Å². The molecule has 0 saturated carbocycles. The Balaban J connectivity index is 2.38. The highest BCUT2D eigenvalue weighted by Crippen LogP contribution is 2.06. The van der Waals surface area contributed by atoms with Gasteiger partial charge in [-0.25, -0.2) is 0 Å². The molecular weight excluding hydrogens is 180 g/mol. The maximum atomic E-state index is 10.9. The van der Waals surface area contributed by atoms with Crippen LogP contribution in [0.3, 0.4) is 0 Å². The van der Waals surface area contributed by atoms with Crippen molar-refractivity contribution in [3.63, 3.8) is 0 Å². The number of benzene rings is 1. The average Bonchev–Trinajstić information content (AvgIpc) is 2.17. The molecule has 0 atom stereocenters. The highest BCUT2D eigenvalue weighted by molar-refractivity contribution is 5.77. The van der Waals surface area contributed by atoms with E-state index < -0.39 is 0 Å². The molecular formula is C10H14N2O2. The zero-order valence-corrected chi connectivity index (χ0v) is 8.08. The molecule has 1 amide bonds. The fourth-order valence-corrected chi connectivity index (χ4v) is 0.943. The first-order valence-corrected chi connectivity index (χ1v) is 4.45. The van der Waals surface area contributed by atoms with Crippen LogP contribution in [0.2, 0.25) is 0 Å². The molecule has 14 heavy (non-hydrogen) atoms. The minimum Gasteiger partial charge on any atom is -0.396 e. The lowest BCUT2D eigenvalue weighted by Crippen LogP contribution is -2.29. The number of hydrogen-bond donors (Lipinski definition) is 3. The lowest BCUT2D eigenvalue weighted by Gasteiger charge is -2.07. The molecule has 0 spiro atoms. The Bertz CT molecular complexity index is 295. The van der Waals surface area contributed by atoms with Crippen molar-refractivity contribution in [3.8, 4) is 0 Å². The molecule has 0 aliphatic carbocycles. The van der Waals surface area contributed by atoms with Crippen molar-refractivity contribution in [1.82, 2.24) is 5.43 Å². The number of aliphatic hydroxyl groups excluding tert-OH is 1. The smallest absolute Gasteiger partial charge is 0.240 e. The lowest BCUT2D eigenvalue weighted by atomic mass is 10.2. The predicted molar refractivity (Wildman–Crippen MR) is 54.6 cm³/mol. The summed E-state index contributed by atoms with van der Waals surface area (Å²) in [4.78, 5) is 10.9. The van der Waals surface area contributed by atoms with Gasteiger partial charge < -0.3 is 5.11 Å². The molecule has 0 bridgehead atoms. The highest BCUT2D eigenvalue weighted by Gasteiger charge is 1.97. The van der Waals surface area contributed by atoms with Gasteiger partial charge in [-0.3, -0.25) is 15.6 Å². The van der Waals surface area contributed by atoms with E-state index in [1.807, 2.05) is 31.2 Å². The molecule has 4 nitrogen and oxygen atoms in total. The summed E-state index contributed by atoms with van der Waals surface area (Å²) in [7, 11) is 0. The Hall–Kier alpha value is -1.55. The SMILES string of the molecule is Cc1ccc(NNC(=O)CCO)cc1. The zero-order chi connectivity index (χ0) is 10.4. The van der Waals surface area contributed by atoms with Crippen LogP contribution in [0.5, 0.6) is 0 Å². The molecule has 0 fully saturated rings. The van der Waals surface area contributed by atoms with Crippen LogP contribution in [0.4, 0.5) is 5.69 Å². The van der Waals surface area contributed by atoms with Crippen molar-refractivity contribution in [3.05, 3.63) is 29.8 Å². The van der Waals surface area contributed by atoms with Gasteiger partial charge in [0.15, 0.2) is 0 Å². The van der Waals surface area contributed by atoms with Crippen LogP contribution in [0.15, 0.2) is 24.3 Å². The quantitative estimate of drug-likeness (QED) is 0.622. The molecule has 3 N–H and O–H groups in total. The van der Waals surface area contributed by atoms with Gasteiger partial charge in [0, 0.05) is 0 Å². The van der Waals surface area contributed by atoms with E-state index in [-0.39, 0.29) is 18.9 Å². The largest absolute Gasteiger partial charge is 0.396 e. The monoisotopic (exact) mass is 194 g/mol. The fourth-order valence-electron chi connectivity index (χ4n) is 0.943. The number of carbonyl (C=O) groups is 1. The van der Waals surface area contributed by atoms with Crippen molar-refractivity contribution in [2.75, 3.05) is 12.0 Å². The number of hydrogen-bond acceptors (Lipinski definition) is 3. The van der Waals surface area contributed by atoms with Crippen LogP contribution in [0, 0.1) is 6.92 Å². The van der Waals surface area contributed by atoms with Gasteiger partial charge in [0.1, 0.15) is 0 Å².